The summed E-state index contributed by atoms with van der Waals surface area (Å²) in [6.45, 7) is 1.93. The molecule has 4 aromatic rings. The first-order valence-electron chi connectivity index (χ1n) is 9.18. The molecule has 0 bridgehead atoms. The number of benzene rings is 2. The fourth-order valence-electron chi connectivity index (χ4n) is 3.12. The summed E-state index contributed by atoms with van der Waals surface area (Å²) in [5.74, 6) is 0.812. The van der Waals surface area contributed by atoms with Gasteiger partial charge in [0.25, 0.3) is 5.69 Å². The van der Waals surface area contributed by atoms with Crippen LogP contribution in [0.25, 0.3) is 21.3 Å². The van der Waals surface area contributed by atoms with Gasteiger partial charge in [-0.1, -0.05) is 42.5 Å². The van der Waals surface area contributed by atoms with Crippen LogP contribution >= 0.6 is 11.3 Å². The van der Waals surface area contributed by atoms with E-state index in [9.17, 15) is 10.1 Å². The van der Waals surface area contributed by atoms with Crippen molar-refractivity contribution in [3.8, 4) is 11.1 Å². The van der Waals surface area contributed by atoms with Crippen molar-refractivity contribution >= 4 is 33.1 Å². The summed E-state index contributed by atoms with van der Waals surface area (Å²) in [5, 5.41) is 20.7. The number of nitrogens with one attached hydrogen (secondary N) is 2. The summed E-state index contributed by atoms with van der Waals surface area (Å²) in [4.78, 5) is 20.3. The van der Waals surface area contributed by atoms with Crippen molar-refractivity contribution in [2.75, 3.05) is 18.4 Å². The lowest BCUT2D eigenvalue weighted by Crippen LogP contribution is -2.22. The van der Waals surface area contributed by atoms with Crippen molar-refractivity contribution < 1.29 is 4.92 Å². The van der Waals surface area contributed by atoms with Crippen LogP contribution in [-0.4, -0.2) is 28.0 Å². The van der Waals surface area contributed by atoms with E-state index >= 15 is 0 Å². The van der Waals surface area contributed by atoms with E-state index in [0.29, 0.717) is 19.6 Å². The number of hydrogen-bond acceptors (Lipinski definition) is 7. The molecule has 0 aliphatic rings. The highest BCUT2D eigenvalue weighted by atomic mass is 32.1. The van der Waals surface area contributed by atoms with E-state index in [1.165, 1.54) is 6.07 Å². The summed E-state index contributed by atoms with van der Waals surface area (Å²) in [6.07, 6.45) is 1.58. The topological polar surface area (TPSA) is 93.0 Å². The third-order valence-electron chi connectivity index (χ3n) is 4.50. The van der Waals surface area contributed by atoms with Gasteiger partial charge >= 0.3 is 0 Å². The number of non-ortho nitro benzene ring substituents is 1. The fourth-order valence-corrected chi connectivity index (χ4v) is 4.04. The standard InChI is InChI=1S/C21H19N5O2S/c27-26(28)17-8-4-5-15(11-17)12-22-9-10-23-20-19-18(16-6-2-1-3-7-16)13-29-21(19)25-14-24-20/h1-8,11,13-14,22H,9-10,12H2,(H,23,24,25). The maximum absolute atomic E-state index is 10.9. The molecule has 2 heterocycles. The monoisotopic (exact) mass is 405 g/mol. The molecule has 0 spiro atoms. The van der Waals surface area contributed by atoms with Crippen molar-refractivity contribution in [2.24, 2.45) is 0 Å². The summed E-state index contributed by atoms with van der Waals surface area (Å²) in [7, 11) is 0. The molecular formula is C21H19N5O2S. The molecule has 0 amide bonds. The molecule has 146 valence electrons. The second-order valence-electron chi connectivity index (χ2n) is 6.45. The van der Waals surface area contributed by atoms with Gasteiger partial charge in [-0.25, -0.2) is 9.97 Å². The molecule has 0 aliphatic heterocycles. The van der Waals surface area contributed by atoms with Gasteiger partial charge in [0.1, 0.15) is 17.0 Å². The molecule has 2 aromatic carbocycles. The first kappa shape index (κ1) is 19.0. The van der Waals surface area contributed by atoms with E-state index in [4.69, 9.17) is 0 Å². The van der Waals surface area contributed by atoms with Gasteiger partial charge in [0, 0.05) is 42.7 Å². The van der Waals surface area contributed by atoms with Crippen LogP contribution in [0.2, 0.25) is 0 Å². The average molecular weight is 405 g/mol. The Morgan fingerprint density at radius 3 is 2.72 bits per heavy atom. The molecule has 2 aromatic heterocycles. The van der Waals surface area contributed by atoms with E-state index < -0.39 is 0 Å². The number of fused-ring (bicyclic) bond motifs is 1. The quantitative estimate of drug-likeness (QED) is 0.255. The van der Waals surface area contributed by atoms with Gasteiger partial charge in [-0.05, 0) is 11.1 Å². The predicted octanol–water partition coefficient (Wildman–Crippen LogP) is 4.47. The number of nitro groups is 1. The van der Waals surface area contributed by atoms with Crippen LogP contribution in [0.1, 0.15) is 5.56 Å². The van der Waals surface area contributed by atoms with Crippen LogP contribution < -0.4 is 10.6 Å². The lowest BCUT2D eigenvalue weighted by molar-refractivity contribution is -0.384. The Morgan fingerprint density at radius 1 is 1.03 bits per heavy atom. The second kappa shape index (κ2) is 8.76. The summed E-state index contributed by atoms with van der Waals surface area (Å²) >= 11 is 1.61. The maximum atomic E-state index is 10.9. The normalized spacial score (nSPS) is 10.9. The lowest BCUT2D eigenvalue weighted by Gasteiger charge is -2.09. The van der Waals surface area contributed by atoms with Gasteiger partial charge in [0.2, 0.25) is 0 Å². The Hall–Kier alpha value is -3.36. The van der Waals surface area contributed by atoms with Crippen molar-refractivity contribution in [1.82, 2.24) is 15.3 Å². The number of thiophene rings is 1. The van der Waals surface area contributed by atoms with Crippen LogP contribution in [0.5, 0.6) is 0 Å². The molecule has 4 rings (SSSR count). The molecule has 0 saturated heterocycles. The van der Waals surface area contributed by atoms with Crippen molar-refractivity contribution in [3.63, 3.8) is 0 Å². The van der Waals surface area contributed by atoms with Crippen molar-refractivity contribution in [3.05, 3.63) is 82.0 Å². The van der Waals surface area contributed by atoms with Gasteiger partial charge < -0.3 is 10.6 Å². The first-order chi connectivity index (χ1) is 14.2. The molecule has 7 nitrogen and oxygen atoms in total. The van der Waals surface area contributed by atoms with E-state index in [1.807, 2.05) is 24.3 Å². The highest BCUT2D eigenvalue weighted by Crippen LogP contribution is 2.36. The number of rotatable bonds is 8. The largest absolute Gasteiger partial charge is 0.368 e. The second-order valence-corrected chi connectivity index (χ2v) is 7.31. The van der Waals surface area contributed by atoms with E-state index in [2.05, 4.69) is 38.1 Å². The Bertz CT molecular complexity index is 1130. The number of nitrogens with zero attached hydrogens (tertiary/aromatic N) is 3. The highest BCUT2D eigenvalue weighted by Gasteiger charge is 2.12. The zero-order chi connectivity index (χ0) is 20.1. The third kappa shape index (κ3) is 4.39. The molecule has 0 saturated carbocycles. The van der Waals surface area contributed by atoms with Crippen LogP contribution in [0, 0.1) is 10.1 Å². The summed E-state index contributed by atoms with van der Waals surface area (Å²) in [6, 6.07) is 16.9. The van der Waals surface area contributed by atoms with Gasteiger partial charge in [0.05, 0.1) is 10.3 Å². The molecular weight excluding hydrogens is 386 g/mol. The lowest BCUT2D eigenvalue weighted by atomic mass is 10.1. The van der Waals surface area contributed by atoms with Gasteiger partial charge in [-0.2, -0.15) is 0 Å². The Kier molecular flexibility index (Phi) is 5.73. The van der Waals surface area contributed by atoms with E-state index in [1.54, 1.807) is 29.8 Å². The van der Waals surface area contributed by atoms with Crippen LogP contribution in [0.4, 0.5) is 11.5 Å². The Morgan fingerprint density at radius 2 is 1.90 bits per heavy atom. The van der Waals surface area contributed by atoms with Gasteiger partial charge in [-0.3, -0.25) is 10.1 Å². The van der Waals surface area contributed by atoms with Crippen LogP contribution in [-0.2, 0) is 6.54 Å². The minimum Gasteiger partial charge on any atom is -0.368 e. The first-order valence-corrected chi connectivity index (χ1v) is 10.1. The predicted molar refractivity (Wildman–Crippen MR) is 116 cm³/mol. The Labute approximate surface area is 171 Å². The number of anilines is 1. The minimum atomic E-state index is -0.378. The molecule has 0 aliphatic carbocycles. The molecule has 8 heteroatoms. The number of hydrogen-bond donors (Lipinski definition) is 2. The van der Waals surface area contributed by atoms with Crippen molar-refractivity contribution in [2.45, 2.75) is 6.54 Å². The fraction of sp³-hybridized carbons (Fsp3) is 0.143. The smallest absolute Gasteiger partial charge is 0.269 e. The highest BCUT2D eigenvalue weighted by molar-refractivity contribution is 7.17. The molecule has 0 atom stereocenters. The van der Waals surface area contributed by atoms with Gasteiger partial charge in [-0.15, -0.1) is 11.3 Å². The maximum Gasteiger partial charge on any atom is 0.269 e. The van der Waals surface area contributed by atoms with Crippen LogP contribution in [0.15, 0.2) is 66.3 Å². The molecule has 0 radical (unpaired) electrons. The Balaban J connectivity index is 1.40. The molecule has 2 N–H and O–H groups in total. The zero-order valence-electron chi connectivity index (χ0n) is 15.5. The number of aromatic nitrogens is 2. The molecule has 0 unspecified atom stereocenters. The summed E-state index contributed by atoms with van der Waals surface area (Å²) < 4.78 is 0. The zero-order valence-corrected chi connectivity index (χ0v) is 16.4. The number of nitro benzene ring substituents is 1. The summed E-state index contributed by atoms with van der Waals surface area (Å²) in [5.41, 5.74) is 3.25. The van der Waals surface area contributed by atoms with E-state index in [-0.39, 0.29) is 10.6 Å². The molecule has 29 heavy (non-hydrogen) atoms. The third-order valence-corrected chi connectivity index (χ3v) is 5.39. The minimum absolute atomic E-state index is 0.108. The molecule has 0 fully saturated rings. The SMILES string of the molecule is O=[N+]([O-])c1cccc(CNCCNc2ncnc3scc(-c4ccccc4)c23)c1. The van der Waals surface area contributed by atoms with Gasteiger partial charge in [0.15, 0.2) is 0 Å². The van der Waals surface area contributed by atoms with Crippen LogP contribution in [0.3, 0.4) is 0 Å². The van der Waals surface area contributed by atoms with Crippen molar-refractivity contribution in [1.29, 1.82) is 0 Å². The average Bonchev–Trinajstić information content (AvgIpc) is 3.19. The van der Waals surface area contributed by atoms with E-state index in [0.717, 1.165) is 32.7 Å².